The van der Waals surface area contributed by atoms with E-state index in [0.717, 1.165) is 10.5 Å². The summed E-state index contributed by atoms with van der Waals surface area (Å²) in [5.74, 6) is -1.10. The summed E-state index contributed by atoms with van der Waals surface area (Å²) in [6.07, 6.45) is -1.15. The van der Waals surface area contributed by atoms with Crippen molar-refractivity contribution in [2.45, 2.75) is 12.8 Å². The van der Waals surface area contributed by atoms with Gasteiger partial charge in [-0.15, -0.1) is 0 Å². The molecule has 0 unspecified atom stereocenters. The van der Waals surface area contributed by atoms with Crippen molar-refractivity contribution >= 4 is 12.1 Å². The van der Waals surface area contributed by atoms with E-state index in [1.165, 1.54) is 0 Å². The lowest BCUT2D eigenvalue weighted by Gasteiger charge is -2.17. The van der Waals surface area contributed by atoms with E-state index in [2.05, 4.69) is 0 Å². The van der Waals surface area contributed by atoms with Crippen molar-refractivity contribution in [3.63, 3.8) is 0 Å². The number of amides is 1. The molecule has 6 nitrogen and oxygen atoms in total. The first kappa shape index (κ1) is 12.4. The Morgan fingerprint density at radius 1 is 1.39 bits per heavy atom. The van der Waals surface area contributed by atoms with Crippen molar-refractivity contribution < 1.29 is 24.2 Å². The minimum atomic E-state index is -1.10. The predicted octanol–water partition coefficient (Wildman–Crippen LogP) is 1.07. The summed E-state index contributed by atoms with van der Waals surface area (Å²) in [7, 11) is 0. The zero-order valence-corrected chi connectivity index (χ0v) is 9.61. The molecule has 96 valence electrons. The highest BCUT2D eigenvalue weighted by Gasteiger charge is 2.36. The Morgan fingerprint density at radius 3 is 2.61 bits per heavy atom. The second-order valence-electron chi connectivity index (χ2n) is 3.85. The van der Waals surface area contributed by atoms with Crippen molar-refractivity contribution in [3.05, 3.63) is 35.9 Å². The molecule has 0 saturated carbocycles. The average Bonchev–Trinajstić information content (AvgIpc) is 3.18. The SMILES string of the molecule is O=C(O)CN(C(=O)OCc1ccccc1)[C@@H]1CO1. The van der Waals surface area contributed by atoms with Crippen LogP contribution >= 0.6 is 0 Å². The van der Waals surface area contributed by atoms with Gasteiger partial charge in [0.25, 0.3) is 0 Å². The number of epoxide rings is 1. The zero-order valence-electron chi connectivity index (χ0n) is 9.61. The molecule has 1 heterocycles. The zero-order chi connectivity index (χ0) is 13.0. The van der Waals surface area contributed by atoms with Crippen LogP contribution in [-0.2, 0) is 20.9 Å². The highest BCUT2D eigenvalue weighted by Crippen LogP contribution is 2.16. The van der Waals surface area contributed by atoms with Crippen LogP contribution in [0.15, 0.2) is 30.3 Å². The lowest BCUT2D eigenvalue weighted by atomic mass is 10.2. The van der Waals surface area contributed by atoms with Gasteiger partial charge in [0.05, 0.1) is 6.61 Å². The monoisotopic (exact) mass is 251 g/mol. The van der Waals surface area contributed by atoms with E-state index in [4.69, 9.17) is 14.6 Å². The van der Waals surface area contributed by atoms with Crippen molar-refractivity contribution in [2.75, 3.05) is 13.2 Å². The quantitative estimate of drug-likeness (QED) is 0.792. The lowest BCUT2D eigenvalue weighted by Crippen LogP contribution is -2.38. The largest absolute Gasteiger partial charge is 0.480 e. The van der Waals surface area contributed by atoms with Crippen molar-refractivity contribution in [1.29, 1.82) is 0 Å². The van der Waals surface area contributed by atoms with Gasteiger partial charge in [-0.3, -0.25) is 9.69 Å². The molecule has 1 amide bonds. The molecule has 6 heteroatoms. The molecule has 1 fully saturated rings. The second-order valence-corrected chi connectivity index (χ2v) is 3.85. The summed E-state index contributed by atoms with van der Waals surface area (Å²) in [6.45, 7) is 0.0501. The molecule has 0 bridgehead atoms. The van der Waals surface area contributed by atoms with Crippen LogP contribution in [-0.4, -0.2) is 41.4 Å². The summed E-state index contributed by atoms with van der Waals surface area (Å²) in [4.78, 5) is 23.4. The predicted molar refractivity (Wildman–Crippen MR) is 60.7 cm³/mol. The number of rotatable bonds is 5. The molecule has 1 aliphatic heterocycles. The minimum Gasteiger partial charge on any atom is -0.480 e. The molecule has 1 aromatic carbocycles. The molecule has 1 atom stereocenters. The maximum atomic E-state index is 11.7. The van der Waals surface area contributed by atoms with E-state index >= 15 is 0 Å². The number of benzene rings is 1. The minimum absolute atomic E-state index is 0.114. The van der Waals surface area contributed by atoms with Crippen LogP contribution in [0.25, 0.3) is 0 Å². The third-order valence-corrected chi connectivity index (χ3v) is 2.41. The van der Waals surface area contributed by atoms with Gasteiger partial charge in [0.15, 0.2) is 6.23 Å². The molecule has 0 spiro atoms. The van der Waals surface area contributed by atoms with Gasteiger partial charge in [0.2, 0.25) is 0 Å². The van der Waals surface area contributed by atoms with Crippen LogP contribution in [0.3, 0.4) is 0 Å². The summed E-state index contributed by atoms with van der Waals surface area (Å²) in [5, 5.41) is 8.69. The van der Waals surface area contributed by atoms with Gasteiger partial charge in [-0.1, -0.05) is 30.3 Å². The highest BCUT2D eigenvalue weighted by molar-refractivity contribution is 5.77. The Balaban J connectivity index is 1.87. The summed E-state index contributed by atoms with van der Waals surface area (Å²) < 4.78 is 9.94. The molecule has 1 aromatic rings. The van der Waals surface area contributed by atoms with Gasteiger partial charge in [0.1, 0.15) is 13.2 Å². The standard InChI is InChI=1S/C12H13NO5/c14-11(15)6-13(10-8-17-10)12(16)18-7-9-4-2-1-3-5-9/h1-5,10H,6-8H2,(H,14,15)/t10-/m0/s1. The van der Waals surface area contributed by atoms with E-state index in [-0.39, 0.29) is 6.61 Å². The van der Waals surface area contributed by atoms with Gasteiger partial charge < -0.3 is 14.6 Å². The van der Waals surface area contributed by atoms with Crippen LogP contribution in [0.5, 0.6) is 0 Å². The van der Waals surface area contributed by atoms with E-state index in [0.29, 0.717) is 6.61 Å². The normalized spacial score (nSPS) is 17.0. The smallest absolute Gasteiger partial charge is 0.412 e. The van der Waals surface area contributed by atoms with E-state index in [9.17, 15) is 9.59 Å². The number of ether oxygens (including phenoxy) is 2. The summed E-state index contributed by atoms with van der Waals surface area (Å²) >= 11 is 0. The van der Waals surface area contributed by atoms with Crippen LogP contribution in [0.2, 0.25) is 0 Å². The number of carboxylic acid groups (broad SMARTS) is 1. The average molecular weight is 251 g/mol. The molecule has 0 aliphatic carbocycles. The fraction of sp³-hybridized carbons (Fsp3) is 0.333. The fourth-order valence-corrected chi connectivity index (χ4v) is 1.45. The number of nitrogens with zero attached hydrogens (tertiary/aromatic N) is 1. The first-order valence-corrected chi connectivity index (χ1v) is 5.47. The summed E-state index contributed by atoms with van der Waals surface area (Å²) in [6, 6.07) is 9.18. The van der Waals surface area contributed by atoms with Gasteiger partial charge in [-0.05, 0) is 5.56 Å². The number of carbonyl (C=O) groups excluding carboxylic acids is 1. The molecule has 1 saturated heterocycles. The number of hydrogen-bond donors (Lipinski definition) is 1. The van der Waals surface area contributed by atoms with E-state index in [1.54, 1.807) is 0 Å². The molecule has 0 radical (unpaired) electrons. The number of aliphatic carboxylic acids is 1. The Kier molecular flexibility index (Phi) is 3.78. The molecular weight excluding hydrogens is 238 g/mol. The van der Waals surface area contributed by atoms with Crippen molar-refractivity contribution in [3.8, 4) is 0 Å². The van der Waals surface area contributed by atoms with E-state index in [1.807, 2.05) is 30.3 Å². The Morgan fingerprint density at radius 2 is 2.06 bits per heavy atom. The van der Waals surface area contributed by atoms with Gasteiger partial charge in [0, 0.05) is 0 Å². The Labute approximate surface area is 104 Å². The Hall–Kier alpha value is -2.08. The third kappa shape index (κ3) is 3.46. The van der Waals surface area contributed by atoms with Crippen LogP contribution in [0.4, 0.5) is 4.79 Å². The molecular formula is C12H13NO5. The number of carbonyl (C=O) groups is 2. The van der Waals surface area contributed by atoms with Crippen molar-refractivity contribution in [2.24, 2.45) is 0 Å². The fourth-order valence-electron chi connectivity index (χ4n) is 1.45. The third-order valence-electron chi connectivity index (χ3n) is 2.41. The van der Waals surface area contributed by atoms with Crippen LogP contribution in [0.1, 0.15) is 5.56 Å². The highest BCUT2D eigenvalue weighted by atomic mass is 16.6. The van der Waals surface area contributed by atoms with Crippen LogP contribution in [0, 0.1) is 0 Å². The van der Waals surface area contributed by atoms with Gasteiger partial charge >= 0.3 is 12.1 Å². The maximum absolute atomic E-state index is 11.7. The summed E-state index contributed by atoms with van der Waals surface area (Å²) in [5.41, 5.74) is 0.845. The lowest BCUT2D eigenvalue weighted by molar-refractivity contribution is -0.138. The molecule has 1 aliphatic rings. The number of hydrogen-bond acceptors (Lipinski definition) is 4. The molecule has 0 aromatic heterocycles. The van der Waals surface area contributed by atoms with Crippen LogP contribution < -0.4 is 0 Å². The van der Waals surface area contributed by atoms with Gasteiger partial charge in [-0.25, -0.2) is 4.79 Å². The number of carboxylic acids is 1. The van der Waals surface area contributed by atoms with Gasteiger partial charge in [-0.2, -0.15) is 0 Å². The van der Waals surface area contributed by atoms with Crippen molar-refractivity contribution in [1.82, 2.24) is 4.90 Å². The first-order chi connectivity index (χ1) is 8.66. The maximum Gasteiger partial charge on any atom is 0.412 e. The second kappa shape index (κ2) is 5.50. The van der Waals surface area contributed by atoms with E-state index < -0.39 is 24.8 Å². The molecule has 18 heavy (non-hydrogen) atoms. The molecule has 1 N–H and O–H groups in total. The molecule has 2 rings (SSSR count). The topological polar surface area (TPSA) is 79.4 Å². The first-order valence-electron chi connectivity index (χ1n) is 5.47. The Bertz CT molecular complexity index is 429.